The molecule has 0 bridgehead atoms. The standard InChI is InChI=1S/C20H20N2O5/c1-21(2)12-14-10-13(4-9-17(14)23)11-18-19(24)22(20(25)27-18)15-5-7-16(26-3)8-6-15/h4-11,23H,12H2,1-3H3/b18-11-. The van der Waals surface area contributed by atoms with Crippen molar-refractivity contribution in [3.8, 4) is 11.5 Å². The zero-order chi connectivity index (χ0) is 19.6. The number of amides is 2. The smallest absolute Gasteiger partial charge is 0.427 e. The lowest BCUT2D eigenvalue weighted by molar-refractivity contribution is -0.114. The van der Waals surface area contributed by atoms with Gasteiger partial charge in [0.2, 0.25) is 0 Å². The van der Waals surface area contributed by atoms with Crippen molar-refractivity contribution in [2.24, 2.45) is 0 Å². The van der Waals surface area contributed by atoms with Gasteiger partial charge in [-0.15, -0.1) is 0 Å². The molecule has 1 heterocycles. The first-order valence-electron chi connectivity index (χ1n) is 8.27. The molecule has 0 saturated carbocycles. The Morgan fingerprint density at radius 2 is 1.85 bits per heavy atom. The van der Waals surface area contributed by atoms with Crippen molar-refractivity contribution >= 4 is 23.8 Å². The van der Waals surface area contributed by atoms with Gasteiger partial charge in [0.25, 0.3) is 0 Å². The van der Waals surface area contributed by atoms with Crippen LogP contribution in [0.2, 0.25) is 0 Å². The molecule has 27 heavy (non-hydrogen) atoms. The van der Waals surface area contributed by atoms with Gasteiger partial charge in [0.1, 0.15) is 11.5 Å². The van der Waals surface area contributed by atoms with Crippen molar-refractivity contribution in [1.82, 2.24) is 4.90 Å². The van der Waals surface area contributed by atoms with Gasteiger partial charge in [-0.05, 0) is 62.1 Å². The summed E-state index contributed by atoms with van der Waals surface area (Å²) in [6.07, 6.45) is 0.728. The Labute approximate surface area is 157 Å². The molecule has 140 valence electrons. The van der Waals surface area contributed by atoms with E-state index >= 15 is 0 Å². The average molecular weight is 368 g/mol. The monoisotopic (exact) mass is 368 g/mol. The van der Waals surface area contributed by atoms with Gasteiger partial charge >= 0.3 is 12.0 Å². The first-order chi connectivity index (χ1) is 12.9. The quantitative estimate of drug-likeness (QED) is 0.818. The summed E-state index contributed by atoms with van der Waals surface area (Å²) in [6, 6.07) is 11.5. The minimum atomic E-state index is -0.760. The molecule has 0 atom stereocenters. The van der Waals surface area contributed by atoms with Crippen LogP contribution in [0.25, 0.3) is 6.08 Å². The number of methoxy groups -OCH3 is 1. The largest absolute Gasteiger partial charge is 0.508 e. The molecule has 0 unspecified atom stereocenters. The number of hydrogen-bond acceptors (Lipinski definition) is 6. The van der Waals surface area contributed by atoms with E-state index in [0.29, 0.717) is 29.1 Å². The molecular formula is C20H20N2O5. The fourth-order valence-electron chi connectivity index (χ4n) is 2.74. The van der Waals surface area contributed by atoms with Crippen LogP contribution in [0.15, 0.2) is 48.2 Å². The van der Waals surface area contributed by atoms with E-state index in [1.54, 1.807) is 42.5 Å². The molecule has 0 radical (unpaired) electrons. The van der Waals surface area contributed by atoms with E-state index in [1.807, 2.05) is 19.0 Å². The number of anilines is 1. The highest BCUT2D eigenvalue weighted by Crippen LogP contribution is 2.28. The van der Waals surface area contributed by atoms with Crippen LogP contribution in [0.4, 0.5) is 10.5 Å². The van der Waals surface area contributed by atoms with E-state index in [2.05, 4.69) is 0 Å². The first kappa shape index (κ1) is 18.5. The third-order valence-electron chi connectivity index (χ3n) is 4.01. The summed E-state index contributed by atoms with van der Waals surface area (Å²) < 4.78 is 10.2. The third kappa shape index (κ3) is 3.93. The second kappa shape index (κ2) is 7.51. The van der Waals surface area contributed by atoms with Crippen LogP contribution in [0.3, 0.4) is 0 Å². The maximum atomic E-state index is 12.6. The van der Waals surface area contributed by atoms with E-state index in [4.69, 9.17) is 9.47 Å². The molecule has 1 saturated heterocycles. The number of carbonyl (C=O) groups is 2. The molecular weight excluding hydrogens is 348 g/mol. The Balaban J connectivity index is 1.87. The number of phenolic OH excluding ortho intramolecular Hbond substituents is 1. The molecule has 0 spiro atoms. The fourth-order valence-corrected chi connectivity index (χ4v) is 2.74. The number of rotatable bonds is 5. The van der Waals surface area contributed by atoms with Gasteiger partial charge in [0, 0.05) is 12.1 Å². The van der Waals surface area contributed by atoms with E-state index in [-0.39, 0.29) is 11.5 Å². The minimum Gasteiger partial charge on any atom is -0.508 e. The first-order valence-corrected chi connectivity index (χ1v) is 8.27. The summed E-state index contributed by atoms with van der Waals surface area (Å²) in [5, 5.41) is 9.95. The summed E-state index contributed by atoms with van der Waals surface area (Å²) in [4.78, 5) is 27.7. The Kier molecular flexibility index (Phi) is 5.14. The van der Waals surface area contributed by atoms with Crippen molar-refractivity contribution in [1.29, 1.82) is 0 Å². The summed E-state index contributed by atoms with van der Waals surface area (Å²) in [5.41, 5.74) is 1.75. The lowest BCUT2D eigenvalue weighted by atomic mass is 10.1. The number of imide groups is 1. The normalized spacial score (nSPS) is 15.6. The Hall–Kier alpha value is -3.32. The Bertz CT molecular complexity index is 903. The highest BCUT2D eigenvalue weighted by Gasteiger charge is 2.37. The van der Waals surface area contributed by atoms with E-state index in [9.17, 15) is 14.7 Å². The van der Waals surface area contributed by atoms with E-state index < -0.39 is 12.0 Å². The third-order valence-corrected chi connectivity index (χ3v) is 4.01. The second-order valence-corrected chi connectivity index (χ2v) is 6.34. The van der Waals surface area contributed by atoms with Crippen molar-refractivity contribution in [3.05, 3.63) is 59.4 Å². The van der Waals surface area contributed by atoms with E-state index in [0.717, 1.165) is 4.90 Å². The van der Waals surface area contributed by atoms with Gasteiger partial charge in [0.05, 0.1) is 12.8 Å². The van der Waals surface area contributed by atoms with Crippen LogP contribution in [0.5, 0.6) is 11.5 Å². The summed E-state index contributed by atoms with van der Waals surface area (Å²) in [7, 11) is 5.31. The van der Waals surface area contributed by atoms with Crippen LogP contribution >= 0.6 is 0 Å². The van der Waals surface area contributed by atoms with Crippen LogP contribution in [0, 0.1) is 0 Å². The van der Waals surface area contributed by atoms with Gasteiger partial charge in [-0.2, -0.15) is 0 Å². The molecule has 1 fully saturated rings. The zero-order valence-corrected chi connectivity index (χ0v) is 15.3. The summed E-state index contributed by atoms with van der Waals surface area (Å²) in [6.45, 7) is 0.536. The lowest BCUT2D eigenvalue weighted by Crippen LogP contribution is -2.28. The van der Waals surface area contributed by atoms with Crippen molar-refractivity contribution in [3.63, 3.8) is 0 Å². The number of nitrogens with zero attached hydrogens (tertiary/aromatic N) is 2. The SMILES string of the molecule is COc1ccc(N2C(=O)O/C(=C\c3ccc(O)c(CN(C)C)c3)C2=O)cc1. The number of phenols is 1. The van der Waals surface area contributed by atoms with Crippen LogP contribution in [-0.2, 0) is 16.1 Å². The van der Waals surface area contributed by atoms with Gasteiger partial charge in [-0.3, -0.25) is 4.79 Å². The predicted octanol–water partition coefficient (Wildman–Crippen LogP) is 2.99. The highest BCUT2D eigenvalue weighted by molar-refractivity contribution is 6.24. The predicted molar refractivity (Wildman–Crippen MR) is 100 cm³/mol. The minimum absolute atomic E-state index is 0.0719. The number of cyclic esters (lactones) is 1. The molecule has 3 rings (SSSR count). The van der Waals surface area contributed by atoms with Crippen LogP contribution in [0.1, 0.15) is 11.1 Å². The van der Waals surface area contributed by atoms with Crippen molar-refractivity contribution in [2.45, 2.75) is 6.54 Å². The highest BCUT2D eigenvalue weighted by atomic mass is 16.6. The molecule has 0 aromatic heterocycles. The van der Waals surface area contributed by atoms with Crippen LogP contribution < -0.4 is 9.64 Å². The molecule has 2 aromatic rings. The number of hydrogen-bond donors (Lipinski definition) is 1. The summed E-state index contributed by atoms with van der Waals surface area (Å²) in [5.74, 6) is 0.164. The molecule has 1 aliphatic heterocycles. The molecule has 7 nitrogen and oxygen atoms in total. The molecule has 7 heteroatoms. The Morgan fingerprint density at radius 1 is 1.15 bits per heavy atom. The van der Waals surface area contributed by atoms with Gasteiger partial charge in [-0.1, -0.05) is 6.07 Å². The summed E-state index contributed by atoms with van der Waals surface area (Å²) >= 11 is 0. The van der Waals surface area contributed by atoms with Gasteiger partial charge < -0.3 is 19.5 Å². The fraction of sp³-hybridized carbons (Fsp3) is 0.200. The lowest BCUT2D eigenvalue weighted by Gasteiger charge is -2.12. The van der Waals surface area contributed by atoms with Gasteiger partial charge in [-0.25, -0.2) is 9.69 Å². The Morgan fingerprint density at radius 3 is 2.48 bits per heavy atom. The number of carbonyl (C=O) groups excluding carboxylic acids is 2. The maximum Gasteiger partial charge on any atom is 0.427 e. The van der Waals surface area contributed by atoms with Crippen molar-refractivity contribution < 1.29 is 24.2 Å². The maximum absolute atomic E-state index is 12.6. The van der Waals surface area contributed by atoms with Gasteiger partial charge in [0.15, 0.2) is 5.76 Å². The number of aromatic hydroxyl groups is 1. The topological polar surface area (TPSA) is 79.3 Å². The zero-order valence-electron chi connectivity index (χ0n) is 15.3. The number of ether oxygens (including phenoxy) is 2. The molecule has 0 aliphatic carbocycles. The second-order valence-electron chi connectivity index (χ2n) is 6.34. The van der Waals surface area contributed by atoms with E-state index in [1.165, 1.54) is 13.2 Å². The molecule has 1 aliphatic rings. The van der Waals surface area contributed by atoms with Crippen molar-refractivity contribution in [2.75, 3.05) is 26.1 Å². The molecule has 2 amide bonds. The molecule has 2 aromatic carbocycles. The number of benzene rings is 2. The molecule has 1 N–H and O–H groups in total. The van der Waals surface area contributed by atoms with Crippen LogP contribution in [-0.4, -0.2) is 43.2 Å². The average Bonchev–Trinajstić information content (AvgIpc) is 2.91.